The van der Waals surface area contributed by atoms with Crippen LogP contribution in [0.4, 0.5) is 5.69 Å². The van der Waals surface area contributed by atoms with E-state index in [-0.39, 0.29) is 10.9 Å². The lowest BCUT2D eigenvalue weighted by molar-refractivity contribution is -0.524. The maximum absolute atomic E-state index is 13.1. The Balaban J connectivity index is 1.88. The van der Waals surface area contributed by atoms with E-state index in [1.54, 1.807) is 18.0 Å². The van der Waals surface area contributed by atoms with E-state index >= 15 is 0 Å². The van der Waals surface area contributed by atoms with Crippen LogP contribution in [0.2, 0.25) is 0 Å². The number of anilines is 1. The van der Waals surface area contributed by atoms with E-state index in [9.17, 15) is 5.21 Å². The zero-order valence-electron chi connectivity index (χ0n) is 16.1. The summed E-state index contributed by atoms with van der Waals surface area (Å²) in [5.74, 6) is 0. The SMILES string of the molecule is CN(C)c1ccc(/C=[N+](\[O-])C2N(Cc3ccccc3)C(=S)SC2(C)C)cc1. The molecule has 1 unspecified atom stereocenters. The molecule has 2 aromatic carbocycles. The summed E-state index contributed by atoms with van der Waals surface area (Å²) in [6, 6.07) is 18.1. The monoisotopic (exact) mass is 399 g/mol. The van der Waals surface area contributed by atoms with Crippen molar-refractivity contribution in [2.75, 3.05) is 19.0 Å². The van der Waals surface area contributed by atoms with E-state index in [4.69, 9.17) is 12.2 Å². The Hall–Kier alpha value is -2.05. The van der Waals surface area contributed by atoms with Gasteiger partial charge in [-0.3, -0.25) is 4.90 Å². The van der Waals surface area contributed by atoms with Crippen molar-refractivity contribution in [2.45, 2.75) is 31.3 Å². The third-order valence-electron chi connectivity index (χ3n) is 4.62. The molecule has 2 aromatic rings. The summed E-state index contributed by atoms with van der Waals surface area (Å²) in [4.78, 5) is 4.07. The fourth-order valence-corrected chi connectivity index (χ4v) is 5.14. The summed E-state index contributed by atoms with van der Waals surface area (Å²) in [5.41, 5.74) is 3.13. The molecule has 3 rings (SSSR count). The predicted molar refractivity (Wildman–Crippen MR) is 120 cm³/mol. The number of benzene rings is 2. The van der Waals surface area contributed by atoms with Crippen LogP contribution in [-0.4, -0.2) is 45.2 Å². The zero-order valence-corrected chi connectivity index (χ0v) is 17.8. The maximum atomic E-state index is 13.1. The Morgan fingerprint density at radius 3 is 2.37 bits per heavy atom. The van der Waals surface area contributed by atoms with Crippen molar-refractivity contribution in [3.63, 3.8) is 0 Å². The summed E-state index contributed by atoms with van der Waals surface area (Å²) >= 11 is 7.19. The van der Waals surface area contributed by atoms with E-state index in [1.165, 1.54) is 0 Å². The van der Waals surface area contributed by atoms with Gasteiger partial charge in [-0.2, -0.15) is 4.74 Å². The van der Waals surface area contributed by atoms with Gasteiger partial charge in [0, 0.05) is 25.3 Å². The van der Waals surface area contributed by atoms with Crippen molar-refractivity contribution in [2.24, 2.45) is 0 Å². The van der Waals surface area contributed by atoms with E-state index in [0.29, 0.717) is 6.54 Å². The summed E-state index contributed by atoms with van der Waals surface area (Å²) in [6.45, 7) is 4.79. The molecule has 1 aliphatic heterocycles. The van der Waals surface area contributed by atoms with Crippen molar-refractivity contribution in [1.82, 2.24) is 4.90 Å². The third-order valence-corrected chi connectivity index (χ3v) is 6.26. The Bertz CT molecular complexity index is 832. The normalized spacial score (nSPS) is 19.4. The summed E-state index contributed by atoms with van der Waals surface area (Å²) in [7, 11) is 4.00. The Labute approximate surface area is 171 Å². The highest BCUT2D eigenvalue weighted by Crippen LogP contribution is 2.42. The quantitative estimate of drug-likeness (QED) is 0.246. The van der Waals surface area contributed by atoms with Gasteiger partial charge in [0.25, 0.3) is 6.17 Å². The maximum Gasteiger partial charge on any atom is 0.254 e. The van der Waals surface area contributed by atoms with Crippen LogP contribution in [0.3, 0.4) is 0 Å². The number of thioether (sulfide) groups is 1. The molecule has 0 amide bonds. The molecule has 0 N–H and O–H groups in total. The molecule has 6 heteroatoms. The lowest BCUT2D eigenvalue weighted by Crippen LogP contribution is -2.47. The fraction of sp³-hybridized carbons (Fsp3) is 0.333. The standard InChI is InChI=1S/C21H25N3OS2/c1-21(2)19(23(20(26)27-21)14-16-8-6-5-7-9-16)24(25)15-17-10-12-18(13-11-17)22(3)4/h5-13,15,19H,14H2,1-4H3/b24-15-. The topological polar surface area (TPSA) is 32.5 Å². The van der Waals surface area contributed by atoms with E-state index in [0.717, 1.165) is 25.9 Å². The van der Waals surface area contributed by atoms with Gasteiger partial charge < -0.3 is 10.1 Å². The van der Waals surface area contributed by atoms with Crippen LogP contribution in [0, 0.1) is 5.21 Å². The molecular weight excluding hydrogens is 374 g/mol. The molecule has 4 nitrogen and oxygen atoms in total. The second-order valence-corrected chi connectivity index (χ2v) is 9.72. The van der Waals surface area contributed by atoms with Gasteiger partial charge in [-0.25, -0.2) is 0 Å². The van der Waals surface area contributed by atoms with Crippen LogP contribution in [-0.2, 0) is 6.54 Å². The second kappa shape index (κ2) is 7.90. The number of hydrogen-bond acceptors (Lipinski definition) is 4. The summed E-state index contributed by atoms with van der Waals surface area (Å²) in [5, 5.41) is 13.1. The van der Waals surface area contributed by atoms with Crippen molar-refractivity contribution >= 4 is 40.2 Å². The number of rotatable bonds is 5. The van der Waals surface area contributed by atoms with E-state index < -0.39 is 0 Å². The van der Waals surface area contributed by atoms with Gasteiger partial charge in [-0.05, 0) is 43.7 Å². The van der Waals surface area contributed by atoms with Gasteiger partial charge in [0.1, 0.15) is 9.07 Å². The zero-order chi connectivity index (χ0) is 19.6. The van der Waals surface area contributed by atoms with Gasteiger partial charge in [-0.15, -0.1) is 0 Å². The molecule has 0 aromatic heterocycles. The van der Waals surface area contributed by atoms with E-state index in [1.807, 2.05) is 66.4 Å². The molecule has 0 saturated carbocycles. The molecule has 142 valence electrons. The van der Waals surface area contributed by atoms with Crippen LogP contribution < -0.4 is 4.90 Å². The van der Waals surface area contributed by atoms with Gasteiger partial charge in [-0.1, -0.05) is 54.3 Å². The van der Waals surface area contributed by atoms with Crippen LogP contribution in [0.25, 0.3) is 0 Å². The summed E-state index contributed by atoms with van der Waals surface area (Å²) in [6.07, 6.45) is 1.31. The highest BCUT2D eigenvalue weighted by atomic mass is 32.2. The molecule has 1 saturated heterocycles. The molecule has 0 aliphatic carbocycles. The average Bonchev–Trinajstić information content (AvgIpc) is 2.84. The number of nitrogens with zero attached hydrogens (tertiary/aromatic N) is 3. The fourth-order valence-electron chi connectivity index (χ4n) is 3.26. The van der Waals surface area contributed by atoms with Gasteiger partial charge in [0.15, 0.2) is 6.21 Å². The van der Waals surface area contributed by atoms with Gasteiger partial charge in [0.05, 0.1) is 6.54 Å². The lowest BCUT2D eigenvalue weighted by Gasteiger charge is -2.29. The van der Waals surface area contributed by atoms with Crippen molar-refractivity contribution in [3.8, 4) is 0 Å². The number of hydroxylamine groups is 1. The molecule has 27 heavy (non-hydrogen) atoms. The van der Waals surface area contributed by atoms with Crippen molar-refractivity contribution in [1.29, 1.82) is 0 Å². The highest BCUT2D eigenvalue weighted by molar-refractivity contribution is 8.24. The molecule has 0 bridgehead atoms. The molecule has 1 heterocycles. The smallest absolute Gasteiger partial charge is 0.254 e. The third kappa shape index (κ3) is 4.45. The minimum atomic E-state index is -0.358. The Morgan fingerprint density at radius 1 is 1.15 bits per heavy atom. The van der Waals surface area contributed by atoms with Gasteiger partial charge in [0.2, 0.25) is 0 Å². The average molecular weight is 400 g/mol. The minimum Gasteiger partial charge on any atom is -0.622 e. The molecule has 0 radical (unpaired) electrons. The largest absolute Gasteiger partial charge is 0.622 e. The molecule has 1 atom stereocenters. The molecular formula is C21H25N3OS2. The molecule has 1 fully saturated rings. The predicted octanol–water partition coefficient (Wildman–Crippen LogP) is 4.32. The molecule has 1 aliphatic rings. The first-order chi connectivity index (χ1) is 12.8. The first-order valence-corrected chi connectivity index (χ1v) is 10.1. The van der Waals surface area contributed by atoms with Crippen LogP contribution in [0.1, 0.15) is 25.0 Å². The van der Waals surface area contributed by atoms with Crippen molar-refractivity contribution in [3.05, 3.63) is 70.9 Å². The molecule has 0 spiro atoms. The van der Waals surface area contributed by atoms with Crippen molar-refractivity contribution < 1.29 is 4.74 Å². The number of hydrogen-bond donors (Lipinski definition) is 0. The van der Waals surface area contributed by atoms with E-state index in [2.05, 4.69) is 26.0 Å². The first-order valence-electron chi connectivity index (χ1n) is 8.89. The van der Waals surface area contributed by atoms with Crippen LogP contribution in [0.15, 0.2) is 54.6 Å². The highest BCUT2D eigenvalue weighted by Gasteiger charge is 2.50. The minimum absolute atomic E-state index is 0.298. The number of thiocarbonyl (C=S) groups is 1. The van der Waals surface area contributed by atoms with Gasteiger partial charge >= 0.3 is 0 Å². The lowest BCUT2D eigenvalue weighted by atomic mass is 10.1. The Kier molecular flexibility index (Phi) is 5.77. The van der Waals surface area contributed by atoms with Crippen LogP contribution in [0.5, 0.6) is 0 Å². The Morgan fingerprint density at radius 2 is 1.78 bits per heavy atom. The first kappa shape index (κ1) is 19.7. The summed E-state index contributed by atoms with van der Waals surface area (Å²) < 4.78 is 1.53. The second-order valence-electron chi connectivity index (χ2n) is 7.43. The van der Waals surface area contributed by atoms with Crippen LogP contribution >= 0.6 is 24.0 Å².